The molecule has 0 aliphatic carbocycles. The van der Waals surface area contributed by atoms with Crippen LogP contribution in [0.5, 0.6) is 0 Å². The van der Waals surface area contributed by atoms with Gasteiger partial charge in [-0.15, -0.1) is 9.73 Å². The van der Waals surface area contributed by atoms with Gasteiger partial charge >= 0.3 is 0 Å². The number of carbonyl (C=O) groups excluding carboxylic acids is 2. The summed E-state index contributed by atoms with van der Waals surface area (Å²) >= 11 is 6.75. The van der Waals surface area contributed by atoms with Gasteiger partial charge in [0.25, 0.3) is 0 Å². The van der Waals surface area contributed by atoms with Crippen LogP contribution >= 0.6 is 11.6 Å². The predicted molar refractivity (Wildman–Crippen MR) is 253 cm³/mol. The lowest BCUT2D eigenvalue weighted by molar-refractivity contribution is -0.117. The molecule has 0 radical (unpaired) electrons. The lowest BCUT2D eigenvalue weighted by atomic mass is 9.92. The second-order valence-corrected chi connectivity index (χ2v) is 18.9. The standard InChI is InChI=1S/C50H85ClN6O2/c1-6-8-10-12-14-16-18-20-22-24-26-28-30-32-34-36-44(58)52-42-38-41(48-54-49-46(51)47(50(3,4)5)55-57(49)56-48)39-43(40-42)53-45(59)37-35-33-31-29-27-25-23-21-19-17-15-13-11-9-7-2/h38-40H,6-37H2,1-5H3,(H,52,58)(H,53,59)(H,54,56). The molecule has 0 fully saturated rings. The molecule has 2 heterocycles. The second kappa shape index (κ2) is 30.2. The summed E-state index contributed by atoms with van der Waals surface area (Å²) in [4.78, 5) is 29.6. The number of H-pyrrole nitrogens is 1. The minimum Gasteiger partial charge on any atom is -0.326 e. The largest absolute Gasteiger partial charge is 0.326 e. The van der Waals surface area contributed by atoms with Crippen LogP contribution in [-0.2, 0) is 15.0 Å². The van der Waals surface area contributed by atoms with Crippen molar-refractivity contribution in [3.63, 3.8) is 0 Å². The number of nitrogens with one attached hydrogen (secondary N) is 3. The van der Waals surface area contributed by atoms with E-state index >= 15 is 0 Å². The molecular weight excluding hydrogens is 752 g/mol. The van der Waals surface area contributed by atoms with Gasteiger partial charge in [0.05, 0.1) is 5.69 Å². The Morgan fingerprint density at radius 2 is 0.881 bits per heavy atom. The van der Waals surface area contributed by atoms with Crippen LogP contribution in [0.1, 0.15) is 246 Å². The van der Waals surface area contributed by atoms with Gasteiger partial charge in [0.15, 0.2) is 11.5 Å². The molecule has 2 aromatic heterocycles. The summed E-state index contributed by atoms with van der Waals surface area (Å²) in [6.07, 6.45) is 39.8. The van der Waals surface area contributed by atoms with E-state index in [-0.39, 0.29) is 17.2 Å². The number of anilines is 2. The van der Waals surface area contributed by atoms with E-state index in [0.29, 0.717) is 40.7 Å². The fraction of sp³-hybridized carbons (Fsp3) is 0.760. The van der Waals surface area contributed by atoms with E-state index in [1.165, 1.54) is 172 Å². The van der Waals surface area contributed by atoms with Gasteiger partial charge in [-0.2, -0.15) is 5.10 Å². The number of benzene rings is 1. The van der Waals surface area contributed by atoms with Crippen LogP contribution in [-0.4, -0.2) is 31.6 Å². The molecule has 0 unspecified atom stereocenters. The highest BCUT2D eigenvalue weighted by molar-refractivity contribution is 6.34. The van der Waals surface area contributed by atoms with Gasteiger partial charge in [-0.25, -0.2) is 0 Å². The number of unbranched alkanes of at least 4 members (excludes halogenated alkanes) is 28. The molecule has 0 bridgehead atoms. The monoisotopic (exact) mass is 837 g/mol. The highest BCUT2D eigenvalue weighted by atomic mass is 35.5. The van der Waals surface area contributed by atoms with E-state index < -0.39 is 0 Å². The van der Waals surface area contributed by atoms with E-state index in [0.717, 1.165) is 36.9 Å². The Morgan fingerprint density at radius 1 is 0.542 bits per heavy atom. The topological polar surface area (TPSA) is 104 Å². The Labute approximate surface area is 365 Å². The molecule has 9 heteroatoms. The Bertz CT molecular complexity index is 1510. The van der Waals surface area contributed by atoms with Crippen molar-refractivity contribution >= 4 is 40.4 Å². The number of nitrogens with zero attached hydrogens (tertiary/aromatic N) is 3. The molecule has 0 spiro atoms. The fourth-order valence-electron chi connectivity index (χ4n) is 8.08. The number of aromatic amines is 1. The van der Waals surface area contributed by atoms with E-state index in [9.17, 15) is 9.59 Å². The van der Waals surface area contributed by atoms with E-state index in [4.69, 9.17) is 16.7 Å². The zero-order valence-electron chi connectivity index (χ0n) is 38.4. The van der Waals surface area contributed by atoms with E-state index in [2.05, 4.69) is 55.3 Å². The average molecular weight is 838 g/mol. The zero-order chi connectivity index (χ0) is 42.6. The van der Waals surface area contributed by atoms with Gasteiger partial charge in [-0.05, 0) is 31.0 Å². The maximum Gasteiger partial charge on any atom is 0.224 e. The fourth-order valence-corrected chi connectivity index (χ4v) is 8.52. The number of carbonyl (C=O) groups is 2. The number of hydrogen-bond acceptors (Lipinski definition) is 4. The van der Waals surface area contributed by atoms with Gasteiger partial charge < -0.3 is 15.6 Å². The first kappa shape index (κ1) is 50.5. The number of rotatable bonds is 35. The molecule has 334 valence electrons. The molecular formula is C50H85ClN6O2. The number of aromatic nitrogens is 4. The molecule has 0 atom stereocenters. The zero-order valence-corrected chi connectivity index (χ0v) is 39.2. The third-order valence-corrected chi connectivity index (χ3v) is 12.1. The van der Waals surface area contributed by atoms with Gasteiger partial charge in [0.2, 0.25) is 11.8 Å². The van der Waals surface area contributed by atoms with Crippen molar-refractivity contribution in [3.05, 3.63) is 28.9 Å². The molecule has 1 aromatic carbocycles. The van der Waals surface area contributed by atoms with Crippen molar-refractivity contribution in [1.82, 2.24) is 19.8 Å². The molecule has 0 saturated carbocycles. The van der Waals surface area contributed by atoms with Crippen molar-refractivity contribution < 1.29 is 9.59 Å². The van der Waals surface area contributed by atoms with Crippen molar-refractivity contribution in [2.24, 2.45) is 0 Å². The van der Waals surface area contributed by atoms with Gasteiger partial charge in [-0.3, -0.25) is 9.59 Å². The summed E-state index contributed by atoms with van der Waals surface area (Å²) in [5, 5.41) is 16.1. The Hall–Kier alpha value is -2.87. The van der Waals surface area contributed by atoms with Gasteiger partial charge in [-0.1, -0.05) is 226 Å². The maximum absolute atomic E-state index is 13.1. The normalized spacial score (nSPS) is 11.8. The Balaban J connectivity index is 1.42. The molecule has 3 N–H and O–H groups in total. The van der Waals surface area contributed by atoms with E-state index in [1.807, 2.05) is 18.2 Å². The molecule has 0 aliphatic rings. The molecule has 3 rings (SSSR count). The number of amides is 2. The summed E-state index contributed by atoms with van der Waals surface area (Å²) in [6, 6.07) is 5.63. The summed E-state index contributed by atoms with van der Waals surface area (Å²) in [6.45, 7) is 10.8. The first-order chi connectivity index (χ1) is 28.6. The minimum atomic E-state index is -0.229. The third-order valence-electron chi connectivity index (χ3n) is 11.7. The van der Waals surface area contributed by atoms with Crippen LogP contribution in [0.25, 0.3) is 17.0 Å². The summed E-state index contributed by atoms with van der Waals surface area (Å²) in [5.74, 6) is 0.532. The molecule has 3 aromatic rings. The van der Waals surface area contributed by atoms with Crippen LogP contribution in [0.15, 0.2) is 18.2 Å². The van der Waals surface area contributed by atoms with Crippen LogP contribution in [0.2, 0.25) is 5.02 Å². The highest BCUT2D eigenvalue weighted by Crippen LogP contribution is 2.33. The smallest absolute Gasteiger partial charge is 0.224 e. The summed E-state index contributed by atoms with van der Waals surface area (Å²) in [7, 11) is 0. The summed E-state index contributed by atoms with van der Waals surface area (Å²) in [5.41, 5.74) is 3.16. The molecule has 2 amide bonds. The number of hydrogen-bond donors (Lipinski definition) is 3. The predicted octanol–water partition coefficient (Wildman–Crippen LogP) is 16.1. The molecule has 0 aliphatic heterocycles. The lowest BCUT2D eigenvalue weighted by Gasteiger charge is -2.14. The first-order valence-electron chi connectivity index (χ1n) is 24.5. The van der Waals surface area contributed by atoms with Crippen molar-refractivity contribution in [2.45, 2.75) is 245 Å². The first-order valence-corrected chi connectivity index (χ1v) is 24.9. The van der Waals surface area contributed by atoms with Crippen LogP contribution in [0, 0.1) is 0 Å². The minimum absolute atomic E-state index is 0.0148. The Morgan fingerprint density at radius 3 is 1.20 bits per heavy atom. The SMILES string of the molecule is CCCCCCCCCCCCCCCCCC(=O)Nc1cc(NC(=O)CCCCCCCCCCCCCCCCC)cc(-c2nn3nc(C(C)(C)C)c(Cl)c3[nH]2)c1. The molecule has 8 nitrogen and oxygen atoms in total. The Kier molecular flexibility index (Phi) is 25.8. The van der Waals surface area contributed by atoms with Crippen molar-refractivity contribution in [2.75, 3.05) is 10.6 Å². The van der Waals surface area contributed by atoms with Crippen molar-refractivity contribution in [3.8, 4) is 11.4 Å². The quantitative estimate of drug-likeness (QED) is 0.0513. The van der Waals surface area contributed by atoms with Crippen LogP contribution < -0.4 is 10.6 Å². The number of halogens is 1. The second-order valence-electron chi connectivity index (χ2n) is 18.5. The average Bonchev–Trinajstić information content (AvgIpc) is 3.77. The van der Waals surface area contributed by atoms with E-state index in [1.54, 1.807) is 0 Å². The maximum atomic E-state index is 13.1. The number of fused-ring (bicyclic) bond motifs is 1. The van der Waals surface area contributed by atoms with Gasteiger partial charge in [0, 0.05) is 35.2 Å². The third kappa shape index (κ3) is 21.5. The highest BCUT2D eigenvalue weighted by Gasteiger charge is 2.25. The van der Waals surface area contributed by atoms with Crippen LogP contribution in [0.3, 0.4) is 0 Å². The molecule has 0 saturated heterocycles. The summed E-state index contributed by atoms with van der Waals surface area (Å²) < 4.78 is 1.54. The van der Waals surface area contributed by atoms with Gasteiger partial charge in [0.1, 0.15) is 5.02 Å². The molecule has 59 heavy (non-hydrogen) atoms. The van der Waals surface area contributed by atoms with Crippen molar-refractivity contribution in [1.29, 1.82) is 0 Å². The lowest BCUT2D eigenvalue weighted by Crippen LogP contribution is -2.14. The van der Waals surface area contributed by atoms with Crippen LogP contribution in [0.4, 0.5) is 11.4 Å².